The highest BCUT2D eigenvalue weighted by Gasteiger charge is 2.22. The summed E-state index contributed by atoms with van der Waals surface area (Å²) in [4.78, 5) is 13.1. The topological polar surface area (TPSA) is 41.6 Å². The lowest BCUT2D eigenvalue weighted by Gasteiger charge is -2.23. The van der Waals surface area contributed by atoms with E-state index >= 15 is 0 Å². The number of benzene rings is 1. The first kappa shape index (κ1) is 13.7. The number of hydrogen-bond acceptors (Lipinski definition) is 4. The summed E-state index contributed by atoms with van der Waals surface area (Å²) >= 11 is 0. The number of ether oxygens (including phenoxy) is 1. The van der Waals surface area contributed by atoms with Gasteiger partial charge in [0.1, 0.15) is 0 Å². The maximum Gasteiger partial charge on any atom is 0.340 e. The van der Waals surface area contributed by atoms with Crippen molar-refractivity contribution in [3.63, 3.8) is 0 Å². The van der Waals surface area contributed by atoms with Crippen molar-refractivity contribution in [1.82, 2.24) is 5.32 Å². The monoisotopic (exact) mass is 270 g/mol. The van der Waals surface area contributed by atoms with Gasteiger partial charge < -0.3 is 15.0 Å². The van der Waals surface area contributed by atoms with E-state index in [1.807, 2.05) is 0 Å². The molecule has 0 saturated carbocycles. The number of anilines is 1. The lowest BCUT2D eigenvalue weighted by Crippen LogP contribution is -2.29. The molecule has 104 valence electrons. The second-order valence-corrected chi connectivity index (χ2v) is 4.34. The standard InChI is InChI=1S/C13H16F2N2O2/c1-19-13(18)9-3-4-10(12(15)11(9)14)17-7-2-5-16-6-8-17/h3-4,16H,2,5-8H2,1H3. The average molecular weight is 270 g/mol. The Balaban J connectivity index is 2.32. The van der Waals surface area contributed by atoms with Crippen LogP contribution in [0.3, 0.4) is 0 Å². The molecule has 1 heterocycles. The van der Waals surface area contributed by atoms with Crippen molar-refractivity contribution in [3.05, 3.63) is 29.3 Å². The molecule has 1 aliphatic rings. The van der Waals surface area contributed by atoms with Crippen molar-refractivity contribution in [1.29, 1.82) is 0 Å². The van der Waals surface area contributed by atoms with E-state index in [4.69, 9.17) is 0 Å². The van der Waals surface area contributed by atoms with Crippen LogP contribution in [0.5, 0.6) is 0 Å². The Bertz CT molecular complexity index is 472. The number of nitrogens with zero attached hydrogens (tertiary/aromatic N) is 1. The molecule has 0 radical (unpaired) electrons. The first-order chi connectivity index (χ1) is 9.15. The Kier molecular flexibility index (Phi) is 4.31. The minimum Gasteiger partial charge on any atom is -0.465 e. The molecule has 1 N–H and O–H groups in total. The molecule has 1 aromatic rings. The van der Waals surface area contributed by atoms with Crippen LogP contribution >= 0.6 is 0 Å². The van der Waals surface area contributed by atoms with Gasteiger partial charge in [-0.2, -0.15) is 0 Å². The smallest absolute Gasteiger partial charge is 0.340 e. The van der Waals surface area contributed by atoms with Crippen molar-refractivity contribution in [2.75, 3.05) is 38.2 Å². The van der Waals surface area contributed by atoms with Gasteiger partial charge in [-0.1, -0.05) is 0 Å². The normalized spacial score (nSPS) is 16.1. The SMILES string of the molecule is COC(=O)c1ccc(N2CCCNCC2)c(F)c1F. The predicted octanol–water partition coefficient (Wildman–Crippen LogP) is 1.55. The highest BCUT2D eigenvalue weighted by Crippen LogP contribution is 2.25. The van der Waals surface area contributed by atoms with E-state index in [1.54, 1.807) is 4.90 Å². The molecule has 1 fully saturated rings. The first-order valence-corrected chi connectivity index (χ1v) is 6.17. The van der Waals surface area contributed by atoms with E-state index in [9.17, 15) is 13.6 Å². The molecule has 0 spiro atoms. The van der Waals surface area contributed by atoms with Gasteiger partial charge in [0.2, 0.25) is 0 Å². The fraction of sp³-hybridized carbons (Fsp3) is 0.462. The molecule has 0 bridgehead atoms. The minimum absolute atomic E-state index is 0.189. The maximum atomic E-state index is 14.0. The zero-order valence-electron chi connectivity index (χ0n) is 10.7. The Labute approximate surface area is 110 Å². The number of methoxy groups -OCH3 is 1. The molecule has 6 heteroatoms. The summed E-state index contributed by atoms with van der Waals surface area (Å²) in [6, 6.07) is 2.69. The van der Waals surface area contributed by atoms with Gasteiger partial charge in [-0.25, -0.2) is 13.6 Å². The van der Waals surface area contributed by atoms with Gasteiger partial charge >= 0.3 is 5.97 Å². The Morgan fingerprint density at radius 2 is 2.05 bits per heavy atom. The summed E-state index contributed by atoms with van der Waals surface area (Å²) in [6.45, 7) is 2.84. The van der Waals surface area contributed by atoms with E-state index < -0.39 is 17.6 Å². The number of rotatable bonds is 2. The Morgan fingerprint density at radius 1 is 1.26 bits per heavy atom. The highest BCUT2D eigenvalue weighted by atomic mass is 19.2. The number of esters is 1. The van der Waals surface area contributed by atoms with Crippen LogP contribution in [0.15, 0.2) is 12.1 Å². The predicted molar refractivity (Wildman–Crippen MR) is 67.4 cm³/mol. The summed E-state index contributed by atoms with van der Waals surface area (Å²) in [7, 11) is 1.13. The molecule has 0 aromatic heterocycles. The quantitative estimate of drug-likeness (QED) is 0.828. The van der Waals surface area contributed by atoms with Crippen molar-refractivity contribution in [2.45, 2.75) is 6.42 Å². The zero-order chi connectivity index (χ0) is 13.8. The molecule has 1 aliphatic heterocycles. The number of halogens is 2. The number of nitrogens with one attached hydrogen (secondary N) is 1. The number of carbonyl (C=O) groups is 1. The third-order valence-corrected chi connectivity index (χ3v) is 3.15. The minimum atomic E-state index is -1.15. The van der Waals surface area contributed by atoms with Crippen molar-refractivity contribution >= 4 is 11.7 Å². The van der Waals surface area contributed by atoms with Crippen LogP contribution in [0.2, 0.25) is 0 Å². The lowest BCUT2D eigenvalue weighted by atomic mass is 10.1. The van der Waals surface area contributed by atoms with Gasteiger partial charge in [-0.05, 0) is 25.1 Å². The van der Waals surface area contributed by atoms with Gasteiger partial charge in [0.25, 0.3) is 0 Å². The lowest BCUT2D eigenvalue weighted by molar-refractivity contribution is 0.0594. The Hall–Kier alpha value is -1.69. The number of hydrogen-bond donors (Lipinski definition) is 1. The van der Waals surface area contributed by atoms with Gasteiger partial charge in [-0.15, -0.1) is 0 Å². The second-order valence-electron chi connectivity index (χ2n) is 4.34. The molecule has 0 amide bonds. The molecule has 0 aliphatic carbocycles. The maximum absolute atomic E-state index is 14.0. The fourth-order valence-corrected chi connectivity index (χ4v) is 2.14. The van der Waals surface area contributed by atoms with Crippen LogP contribution in [-0.2, 0) is 4.74 Å². The average Bonchev–Trinajstić information content (AvgIpc) is 2.70. The zero-order valence-corrected chi connectivity index (χ0v) is 10.7. The molecular formula is C13H16F2N2O2. The summed E-state index contributed by atoms with van der Waals surface area (Å²) in [6.07, 6.45) is 0.861. The van der Waals surface area contributed by atoms with E-state index in [2.05, 4.69) is 10.1 Å². The van der Waals surface area contributed by atoms with E-state index in [0.29, 0.717) is 13.1 Å². The van der Waals surface area contributed by atoms with Crippen LogP contribution in [0.25, 0.3) is 0 Å². The molecular weight excluding hydrogens is 254 g/mol. The largest absolute Gasteiger partial charge is 0.465 e. The number of carbonyl (C=O) groups excluding carboxylic acids is 1. The molecule has 0 unspecified atom stereocenters. The molecule has 1 aromatic carbocycles. The van der Waals surface area contributed by atoms with Gasteiger partial charge in [0.05, 0.1) is 18.4 Å². The molecule has 4 nitrogen and oxygen atoms in total. The van der Waals surface area contributed by atoms with Crippen molar-refractivity contribution in [2.24, 2.45) is 0 Å². The van der Waals surface area contributed by atoms with Crippen LogP contribution in [0.1, 0.15) is 16.8 Å². The van der Waals surface area contributed by atoms with Crippen LogP contribution in [0, 0.1) is 11.6 Å². The van der Waals surface area contributed by atoms with E-state index in [1.165, 1.54) is 12.1 Å². The third-order valence-electron chi connectivity index (χ3n) is 3.15. The summed E-state index contributed by atoms with van der Waals surface area (Å²) in [5, 5.41) is 3.19. The second kappa shape index (κ2) is 5.97. The highest BCUT2D eigenvalue weighted by molar-refractivity contribution is 5.90. The first-order valence-electron chi connectivity index (χ1n) is 6.17. The van der Waals surface area contributed by atoms with Crippen LogP contribution in [-0.4, -0.2) is 39.3 Å². The third kappa shape index (κ3) is 2.84. The molecule has 0 atom stereocenters. The summed E-state index contributed by atoms with van der Waals surface area (Å²) in [5.41, 5.74) is -0.189. The van der Waals surface area contributed by atoms with Gasteiger partial charge in [0, 0.05) is 19.6 Å². The van der Waals surface area contributed by atoms with Crippen molar-refractivity contribution < 1.29 is 18.3 Å². The summed E-state index contributed by atoms with van der Waals surface area (Å²) < 4.78 is 32.3. The molecule has 1 saturated heterocycles. The van der Waals surface area contributed by atoms with E-state index in [0.717, 1.165) is 26.6 Å². The van der Waals surface area contributed by atoms with Crippen LogP contribution in [0.4, 0.5) is 14.5 Å². The summed E-state index contributed by atoms with van der Waals surface area (Å²) in [5.74, 6) is -3.02. The molecule has 19 heavy (non-hydrogen) atoms. The van der Waals surface area contributed by atoms with Gasteiger partial charge in [0.15, 0.2) is 11.6 Å². The van der Waals surface area contributed by atoms with Crippen molar-refractivity contribution in [3.8, 4) is 0 Å². The van der Waals surface area contributed by atoms with E-state index in [-0.39, 0.29) is 11.3 Å². The molecule has 2 rings (SSSR count). The van der Waals surface area contributed by atoms with Gasteiger partial charge in [-0.3, -0.25) is 0 Å². The fourth-order valence-electron chi connectivity index (χ4n) is 2.14. The Morgan fingerprint density at radius 3 is 2.79 bits per heavy atom. The van der Waals surface area contributed by atoms with Crippen LogP contribution < -0.4 is 10.2 Å².